The average Bonchev–Trinajstić information content (AvgIpc) is 3.28. The summed E-state index contributed by atoms with van der Waals surface area (Å²) in [5, 5.41) is 5.19. The molecule has 1 aliphatic rings. The van der Waals surface area contributed by atoms with Gasteiger partial charge in [-0.15, -0.1) is 0 Å². The van der Waals surface area contributed by atoms with Gasteiger partial charge in [0.1, 0.15) is 0 Å². The molecule has 0 aromatic heterocycles. The van der Waals surface area contributed by atoms with Gasteiger partial charge in [0.25, 0.3) is 0 Å². The molecule has 0 bridgehead atoms. The van der Waals surface area contributed by atoms with E-state index in [9.17, 15) is 0 Å². The van der Waals surface area contributed by atoms with Gasteiger partial charge in [0.15, 0.2) is 0 Å². The first-order valence-electron chi connectivity index (χ1n) is 15.7. The van der Waals surface area contributed by atoms with Crippen LogP contribution in [0.2, 0.25) is 0 Å². The zero-order valence-electron chi connectivity index (χ0n) is 26.1. The highest BCUT2D eigenvalue weighted by Gasteiger charge is 2.35. The highest BCUT2D eigenvalue weighted by molar-refractivity contribution is 6.22. The molecule has 0 heterocycles. The van der Waals surface area contributed by atoms with E-state index in [1.54, 1.807) is 0 Å². The van der Waals surface area contributed by atoms with Crippen LogP contribution in [0.15, 0.2) is 127 Å². The number of hydrogen-bond donors (Lipinski definition) is 0. The van der Waals surface area contributed by atoms with E-state index in [-0.39, 0.29) is 5.41 Å². The van der Waals surface area contributed by atoms with Gasteiger partial charge in [0.2, 0.25) is 0 Å². The second-order valence-corrected chi connectivity index (χ2v) is 13.1. The summed E-state index contributed by atoms with van der Waals surface area (Å²) < 4.78 is 0. The van der Waals surface area contributed by atoms with Crippen LogP contribution in [0.3, 0.4) is 0 Å². The molecule has 0 saturated heterocycles. The third kappa shape index (κ3) is 3.91. The molecule has 7 aromatic carbocycles. The number of aryl methyl sites for hydroxylation is 2. The molecule has 0 saturated carbocycles. The molecular formula is C44H36. The quantitative estimate of drug-likeness (QED) is 0.187. The van der Waals surface area contributed by atoms with Crippen molar-refractivity contribution >= 4 is 21.5 Å². The van der Waals surface area contributed by atoms with Gasteiger partial charge in [-0.25, -0.2) is 0 Å². The van der Waals surface area contributed by atoms with Gasteiger partial charge in [-0.2, -0.15) is 0 Å². The summed E-state index contributed by atoms with van der Waals surface area (Å²) in [5.74, 6) is 0. The van der Waals surface area contributed by atoms with Crippen molar-refractivity contribution in [2.24, 2.45) is 0 Å². The summed E-state index contributed by atoms with van der Waals surface area (Å²) in [7, 11) is 0. The summed E-state index contributed by atoms with van der Waals surface area (Å²) in [4.78, 5) is 0. The minimum Gasteiger partial charge on any atom is -0.0622 e. The van der Waals surface area contributed by atoms with Crippen molar-refractivity contribution < 1.29 is 0 Å². The minimum atomic E-state index is -0.0559. The fraction of sp³-hybridized carbons (Fsp3) is 0.136. The Bertz CT molecular complexity index is 2240. The SMILES string of the molecule is Cc1cc(-c2c3ccccc3c(-c3ccc4c(c3)C(C)(C)c3ccccc3-4)c3cc(-c4ccccc4)ccc23)cc(C)c1C. The molecule has 0 fully saturated rings. The van der Waals surface area contributed by atoms with Crippen molar-refractivity contribution in [2.45, 2.75) is 40.0 Å². The lowest BCUT2D eigenvalue weighted by atomic mass is 9.80. The van der Waals surface area contributed by atoms with Gasteiger partial charge in [-0.1, -0.05) is 129 Å². The Labute approximate surface area is 260 Å². The lowest BCUT2D eigenvalue weighted by Crippen LogP contribution is -2.14. The van der Waals surface area contributed by atoms with E-state index in [1.807, 2.05) is 0 Å². The van der Waals surface area contributed by atoms with Gasteiger partial charge in [-0.3, -0.25) is 0 Å². The van der Waals surface area contributed by atoms with Crippen molar-refractivity contribution in [3.63, 3.8) is 0 Å². The van der Waals surface area contributed by atoms with Crippen molar-refractivity contribution in [3.8, 4) is 44.5 Å². The van der Waals surface area contributed by atoms with Crippen LogP contribution in [0, 0.1) is 20.8 Å². The normalized spacial score (nSPS) is 13.3. The molecule has 0 N–H and O–H groups in total. The Kier molecular flexibility index (Phi) is 5.94. The fourth-order valence-corrected chi connectivity index (χ4v) is 7.65. The van der Waals surface area contributed by atoms with Gasteiger partial charge in [0.05, 0.1) is 0 Å². The molecule has 0 amide bonds. The fourth-order valence-electron chi connectivity index (χ4n) is 7.65. The predicted octanol–water partition coefficient (Wildman–Crippen LogP) is 12.2. The van der Waals surface area contributed by atoms with Gasteiger partial charge < -0.3 is 0 Å². The number of benzene rings is 7. The zero-order chi connectivity index (χ0) is 30.2. The van der Waals surface area contributed by atoms with Crippen LogP contribution in [-0.4, -0.2) is 0 Å². The van der Waals surface area contributed by atoms with E-state index >= 15 is 0 Å². The van der Waals surface area contributed by atoms with E-state index in [1.165, 1.54) is 93.9 Å². The first-order valence-corrected chi connectivity index (χ1v) is 15.7. The van der Waals surface area contributed by atoms with Crippen LogP contribution in [0.5, 0.6) is 0 Å². The topological polar surface area (TPSA) is 0 Å². The largest absolute Gasteiger partial charge is 0.0622 e. The highest BCUT2D eigenvalue weighted by atomic mass is 14.4. The van der Waals surface area contributed by atoms with Gasteiger partial charge in [-0.05, 0) is 127 Å². The maximum atomic E-state index is 2.48. The summed E-state index contributed by atoms with van der Waals surface area (Å²) in [6.45, 7) is 11.4. The Hall–Kier alpha value is -4.94. The Balaban J connectivity index is 1.49. The smallest absolute Gasteiger partial charge is 0.0159 e. The molecule has 0 spiro atoms. The van der Waals surface area contributed by atoms with E-state index in [2.05, 4.69) is 162 Å². The lowest BCUT2D eigenvalue weighted by Gasteiger charge is -2.23. The van der Waals surface area contributed by atoms with Crippen LogP contribution in [0.4, 0.5) is 0 Å². The van der Waals surface area contributed by atoms with Crippen LogP contribution in [0.1, 0.15) is 41.7 Å². The first-order chi connectivity index (χ1) is 21.3. The van der Waals surface area contributed by atoms with Crippen molar-refractivity contribution in [2.75, 3.05) is 0 Å². The zero-order valence-corrected chi connectivity index (χ0v) is 26.1. The third-order valence-electron chi connectivity index (χ3n) is 10.2. The van der Waals surface area contributed by atoms with E-state index in [0.29, 0.717) is 0 Å². The summed E-state index contributed by atoms with van der Waals surface area (Å²) >= 11 is 0. The molecule has 212 valence electrons. The van der Waals surface area contributed by atoms with Crippen LogP contribution in [-0.2, 0) is 5.41 Å². The number of hydrogen-bond acceptors (Lipinski definition) is 0. The number of rotatable bonds is 3. The summed E-state index contributed by atoms with van der Waals surface area (Å²) in [6.07, 6.45) is 0. The molecule has 0 heteroatoms. The van der Waals surface area contributed by atoms with Crippen molar-refractivity contribution in [1.82, 2.24) is 0 Å². The third-order valence-corrected chi connectivity index (χ3v) is 10.2. The second kappa shape index (κ2) is 9.79. The summed E-state index contributed by atoms with van der Waals surface area (Å²) in [5.41, 5.74) is 17.2. The average molecular weight is 565 g/mol. The molecule has 7 aromatic rings. The second-order valence-electron chi connectivity index (χ2n) is 13.1. The van der Waals surface area contributed by atoms with Crippen LogP contribution < -0.4 is 0 Å². The van der Waals surface area contributed by atoms with Crippen molar-refractivity contribution in [3.05, 3.63) is 155 Å². The molecule has 44 heavy (non-hydrogen) atoms. The molecule has 0 radical (unpaired) electrons. The molecule has 8 rings (SSSR count). The van der Waals surface area contributed by atoms with E-state index in [0.717, 1.165) is 0 Å². The monoisotopic (exact) mass is 564 g/mol. The minimum absolute atomic E-state index is 0.0559. The van der Waals surface area contributed by atoms with Crippen LogP contribution >= 0.6 is 0 Å². The van der Waals surface area contributed by atoms with Gasteiger partial charge in [0, 0.05) is 5.41 Å². The maximum Gasteiger partial charge on any atom is 0.0159 e. The standard InChI is InChI=1S/C44H36/c1-27-23-33(24-28(2)29(27)3)43-37-17-10-9-16-36(37)42(39-25-31(19-22-38(39)43)30-13-7-6-8-14-30)32-20-21-35-34-15-11-12-18-40(34)44(4,5)41(35)26-32/h6-26H,1-5H3. The first kappa shape index (κ1) is 26.7. The molecule has 1 aliphatic carbocycles. The molecule has 0 unspecified atom stereocenters. The molecule has 0 aliphatic heterocycles. The molecule has 0 nitrogen and oxygen atoms in total. The molecule has 0 atom stereocenters. The Morgan fingerprint density at radius 1 is 0.386 bits per heavy atom. The van der Waals surface area contributed by atoms with Crippen LogP contribution in [0.25, 0.3) is 66.1 Å². The highest BCUT2D eigenvalue weighted by Crippen LogP contribution is 2.51. The van der Waals surface area contributed by atoms with E-state index < -0.39 is 0 Å². The Morgan fingerprint density at radius 2 is 0.955 bits per heavy atom. The molecular weight excluding hydrogens is 528 g/mol. The maximum absolute atomic E-state index is 2.48. The van der Waals surface area contributed by atoms with Gasteiger partial charge >= 0.3 is 0 Å². The van der Waals surface area contributed by atoms with E-state index in [4.69, 9.17) is 0 Å². The summed E-state index contributed by atoms with van der Waals surface area (Å²) in [6, 6.07) is 47.8. The Morgan fingerprint density at radius 3 is 1.68 bits per heavy atom. The van der Waals surface area contributed by atoms with Crippen molar-refractivity contribution in [1.29, 1.82) is 0 Å². The number of fused-ring (bicyclic) bond motifs is 5. The predicted molar refractivity (Wildman–Crippen MR) is 190 cm³/mol. The lowest BCUT2D eigenvalue weighted by molar-refractivity contribution is 0.660.